The molecule has 1 N–H and O–H groups in total. The number of nitrogens with zero attached hydrogens (tertiary/aromatic N) is 3. The molecule has 23 heavy (non-hydrogen) atoms. The van der Waals surface area contributed by atoms with Gasteiger partial charge in [0.05, 0.1) is 12.0 Å². The average Bonchev–Trinajstić information content (AvgIpc) is 3.22. The number of aromatic nitrogens is 3. The molecule has 2 aromatic rings. The fourth-order valence-corrected chi connectivity index (χ4v) is 2.86. The summed E-state index contributed by atoms with van der Waals surface area (Å²) >= 11 is 0. The van der Waals surface area contributed by atoms with Crippen molar-refractivity contribution in [2.45, 2.75) is 51.0 Å². The maximum absolute atomic E-state index is 12.6. The number of nitrogens with one attached hydrogen (secondary N) is 1. The number of carbonyl (C=O) groups excluding carboxylic acids is 1. The van der Waals surface area contributed by atoms with E-state index in [0.29, 0.717) is 6.54 Å². The molecular formula is C18H24N4O. The topological polar surface area (TPSA) is 59.8 Å². The highest BCUT2D eigenvalue weighted by molar-refractivity contribution is 5.91. The molecule has 0 saturated heterocycles. The fraction of sp³-hybridized carbons (Fsp3) is 0.500. The van der Waals surface area contributed by atoms with Gasteiger partial charge in [0, 0.05) is 7.05 Å². The first kappa shape index (κ1) is 15.7. The third kappa shape index (κ3) is 3.00. The van der Waals surface area contributed by atoms with Gasteiger partial charge in [-0.25, -0.2) is 0 Å². The van der Waals surface area contributed by atoms with Crippen LogP contribution in [-0.4, -0.2) is 20.7 Å². The van der Waals surface area contributed by atoms with Crippen LogP contribution in [0.5, 0.6) is 0 Å². The second-order valence-corrected chi connectivity index (χ2v) is 7.45. The molecule has 1 heterocycles. The van der Waals surface area contributed by atoms with Gasteiger partial charge < -0.3 is 9.88 Å². The minimum atomic E-state index is -0.352. The van der Waals surface area contributed by atoms with Crippen LogP contribution in [-0.2, 0) is 29.2 Å². The van der Waals surface area contributed by atoms with Crippen LogP contribution in [0.4, 0.5) is 0 Å². The van der Waals surface area contributed by atoms with Crippen molar-refractivity contribution in [2.75, 3.05) is 0 Å². The van der Waals surface area contributed by atoms with Crippen molar-refractivity contribution in [1.29, 1.82) is 0 Å². The molecule has 0 bridgehead atoms. The molecular weight excluding hydrogens is 288 g/mol. The van der Waals surface area contributed by atoms with Gasteiger partial charge in [-0.1, -0.05) is 45.0 Å². The molecule has 0 radical (unpaired) electrons. The Bertz CT molecular complexity index is 705. The Morgan fingerprint density at radius 1 is 1.26 bits per heavy atom. The van der Waals surface area contributed by atoms with Crippen molar-refractivity contribution in [2.24, 2.45) is 7.05 Å². The van der Waals surface area contributed by atoms with Crippen molar-refractivity contribution in [1.82, 2.24) is 20.1 Å². The van der Waals surface area contributed by atoms with Crippen LogP contribution in [0.3, 0.4) is 0 Å². The van der Waals surface area contributed by atoms with E-state index < -0.39 is 0 Å². The number of benzene rings is 1. The van der Waals surface area contributed by atoms with Crippen LogP contribution in [0, 0.1) is 0 Å². The third-order valence-corrected chi connectivity index (χ3v) is 4.70. The molecule has 5 nitrogen and oxygen atoms in total. The Morgan fingerprint density at radius 2 is 1.91 bits per heavy atom. The van der Waals surface area contributed by atoms with Gasteiger partial charge in [-0.2, -0.15) is 0 Å². The smallest absolute Gasteiger partial charge is 0.231 e. The van der Waals surface area contributed by atoms with E-state index in [4.69, 9.17) is 0 Å². The summed E-state index contributed by atoms with van der Waals surface area (Å²) in [5.41, 5.74) is 2.18. The lowest BCUT2D eigenvalue weighted by molar-refractivity contribution is -0.123. The van der Waals surface area contributed by atoms with Gasteiger partial charge >= 0.3 is 0 Å². The SMILES string of the molecule is Cn1cnnc1CNC(=O)C1(c2ccc(C(C)(C)C)cc2)CC1. The second-order valence-electron chi connectivity index (χ2n) is 7.45. The summed E-state index contributed by atoms with van der Waals surface area (Å²) in [5, 5.41) is 10.8. The summed E-state index contributed by atoms with van der Waals surface area (Å²) in [5.74, 6) is 0.848. The first-order valence-electron chi connectivity index (χ1n) is 8.05. The summed E-state index contributed by atoms with van der Waals surface area (Å²) in [6.07, 6.45) is 3.46. The minimum Gasteiger partial charge on any atom is -0.348 e. The lowest BCUT2D eigenvalue weighted by Crippen LogP contribution is -2.35. The first-order chi connectivity index (χ1) is 10.8. The van der Waals surface area contributed by atoms with E-state index in [1.807, 2.05) is 11.6 Å². The van der Waals surface area contributed by atoms with E-state index >= 15 is 0 Å². The Morgan fingerprint density at radius 3 is 2.39 bits per heavy atom. The second kappa shape index (κ2) is 5.48. The number of amides is 1. The van der Waals surface area contributed by atoms with Gasteiger partial charge in [-0.3, -0.25) is 4.79 Å². The predicted molar refractivity (Wildman–Crippen MR) is 88.9 cm³/mol. The minimum absolute atomic E-state index is 0.0870. The molecule has 0 unspecified atom stereocenters. The lowest BCUT2D eigenvalue weighted by atomic mass is 9.85. The standard InChI is InChI=1S/C18H24N4O/c1-17(2,3)13-5-7-14(8-6-13)18(9-10-18)16(23)19-11-15-21-20-12-22(15)4/h5-8,12H,9-11H2,1-4H3,(H,19,23). The molecule has 0 aliphatic heterocycles. The molecule has 1 aromatic carbocycles. The zero-order valence-corrected chi connectivity index (χ0v) is 14.3. The van der Waals surface area contributed by atoms with E-state index in [-0.39, 0.29) is 16.7 Å². The molecule has 0 spiro atoms. The normalized spacial score (nSPS) is 16.2. The summed E-state index contributed by atoms with van der Waals surface area (Å²) in [4.78, 5) is 12.6. The van der Waals surface area contributed by atoms with Crippen LogP contribution in [0.15, 0.2) is 30.6 Å². The van der Waals surface area contributed by atoms with Gasteiger partial charge in [-0.15, -0.1) is 10.2 Å². The van der Waals surface area contributed by atoms with Gasteiger partial charge in [0.25, 0.3) is 0 Å². The molecule has 0 atom stereocenters. The van der Waals surface area contributed by atoms with Crippen LogP contribution in [0.25, 0.3) is 0 Å². The summed E-state index contributed by atoms with van der Waals surface area (Å²) in [6.45, 7) is 7.00. The molecule has 5 heteroatoms. The highest BCUT2D eigenvalue weighted by Crippen LogP contribution is 2.48. The van der Waals surface area contributed by atoms with Crippen molar-refractivity contribution >= 4 is 5.91 Å². The highest BCUT2D eigenvalue weighted by atomic mass is 16.2. The number of rotatable bonds is 4. The van der Waals surface area contributed by atoms with Gasteiger partial charge in [-0.05, 0) is 29.4 Å². The maximum Gasteiger partial charge on any atom is 0.231 e. The molecule has 1 fully saturated rings. The Labute approximate surface area is 137 Å². The molecule has 1 aliphatic carbocycles. The van der Waals surface area contributed by atoms with E-state index in [9.17, 15) is 4.79 Å². The Kier molecular flexibility index (Phi) is 3.74. The Balaban J connectivity index is 1.71. The maximum atomic E-state index is 12.6. The Hall–Kier alpha value is -2.17. The van der Waals surface area contributed by atoms with Crippen molar-refractivity contribution in [3.05, 3.63) is 47.5 Å². The van der Waals surface area contributed by atoms with Gasteiger partial charge in [0.1, 0.15) is 6.33 Å². The van der Waals surface area contributed by atoms with Crippen LogP contribution < -0.4 is 5.32 Å². The molecule has 1 saturated carbocycles. The van der Waals surface area contributed by atoms with E-state index in [1.165, 1.54) is 5.56 Å². The largest absolute Gasteiger partial charge is 0.348 e. The zero-order valence-electron chi connectivity index (χ0n) is 14.3. The van der Waals surface area contributed by atoms with Crippen molar-refractivity contribution in [3.8, 4) is 0 Å². The lowest BCUT2D eigenvalue weighted by Gasteiger charge is -2.21. The van der Waals surface area contributed by atoms with Crippen LogP contribution in [0.1, 0.15) is 50.6 Å². The quantitative estimate of drug-likeness (QED) is 0.943. The third-order valence-electron chi connectivity index (χ3n) is 4.70. The van der Waals surface area contributed by atoms with Crippen LogP contribution in [0.2, 0.25) is 0 Å². The number of hydrogen-bond donors (Lipinski definition) is 1. The number of carbonyl (C=O) groups is 1. The molecule has 3 rings (SSSR count). The van der Waals surface area contributed by atoms with Crippen molar-refractivity contribution < 1.29 is 4.79 Å². The molecule has 122 valence electrons. The highest BCUT2D eigenvalue weighted by Gasteiger charge is 2.51. The first-order valence-corrected chi connectivity index (χ1v) is 8.05. The summed E-state index contributed by atoms with van der Waals surface area (Å²) < 4.78 is 1.82. The van der Waals surface area contributed by atoms with E-state index in [0.717, 1.165) is 24.2 Å². The van der Waals surface area contributed by atoms with Crippen LogP contribution >= 0.6 is 0 Å². The average molecular weight is 312 g/mol. The number of hydrogen-bond acceptors (Lipinski definition) is 3. The summed E-state index contributed by atoms with van der Waals surface area (Å²) in [7, 11) is 1.87. The molecule has 1 amide bonds. The van der Waals surface area contributed by atoms with E-state index in [1.54, 1.807) is 6.33 Å². The monoisotopic (exact) mass is 312 g/mol. The van der Waals surface area contributed by atoms with Crippen molar-refractivity contribution in [3.63, 3.8) is 0 Å². The van der Waals surface area contributed by atoms with E-state index in [2.05, 4.69) is 60.6 Å². The zero-order chi connectivity index (χ0) is 16.7. The van der Waals surface area contributed by atoms with Gasteiger partial charge in [0.15, 0.2) is 5.82 Å². The van der Waals surface area contributed by atoms with Gasteiger partial charge in [0.2, 0.25) is 5.91 Å². The molecule has 1 aromatic heterocycles. The number of aryl methyl sites for hydroxylation is 1. The summed E-state index contributed by atoms with van der Waals surface area (Å²) in [6, 6.07) is 8.50. The predicted octanol–water partition coefficient (Wildman–Crippen LogP) is 2.46. The fourth-order valence-electron chi connectivity index (χ4n) is 2.86. The molecule has 1 aliphatic rings.